The highest BCUT2D eigenvalue weighted by molar-refractivity contribution is 6.09. The van der Waals surface area contributed by atoms with Gasteiger partial charge in [0.05, 0.1) is 0 Å². The summed E-state index contributed by atoms with van der Waals surface area (Å²) in [5.74, 6) is 0. The van der Waals surface area contributed by atoms with E-state index in [1.54, 1.807) is 0 Å². The van der Waals surface area contributed by atoms with Crippen molar-refractivity contribution in [1.82, 2.24) is 4.98 Å². The van der Waals surface area contributed by atoms with E-state index in [0.29, 0.717) is 0 Å². The van der Waals surface area contributed by atoms with Crippen molar-refractivity contribution in [2.24, 2.45) is 0 Å². The third-order valence-electron chi connectivity index (χ3n) is 5.53. The van der Waals surface area contributed by atoms with Gasteiger partial charge in [-0.05, 0) is 52.6 Å². The van der Waals surface area contributed by atoms with Crippen molar-refractivity contribution in [2.45, 2.75) is 0 Å². The summed E-state index contributed by atoms with van der Waals surface area (Å²) in [7, 11) is 4.14. The first kappa shape index (κ1) is 17.4. The Morgan fingerprint density at radius 2 is 1.34 bits per heavy atom. The fourth-order valence-corrected chi connectivity index (χ4v) is 4.03. The van der Waals surface area contributed by atoms with Crippen LogP contribution >= 0.6 is 0 Å². The first-order valence-electron chi connectivity index (χ1n) is 9.92. The number of nitrogens with zero attached hydrogens (tertiary/aromatic N) is 1. The van der Waals surface area contributed by atoms with Gasteiger partial charge in [-0.25, -0.2) is 4.58 Å². The zero-order valence-corrected chi connectivity index (χ0v) is 16.7. The molecule has 3 aromatic carbocycles. The summed E-state index contributed by atoms with van der Waals surface area (Å²) >= 11 is 0. The van der Waals surface area contributed by atoms with Crippen LogP contribution in [0.5, 0.6) is 0 Å². The van der Waals surface area contributed by atoms with Gasteiger partial charge in [0.2, 0.25) is 0 Å². The predicted molar refractivity (Wildman–Crippen MR) is 124 cm³/mol. The molecule has 4 aromatic rings. The fraction of sp³-hybridized carbons (Fsp3) is 0.0741. The molecule has 2 heteroatoms. The third-order valence-corrected chi connectivity index (χ3v) is 5.53. The molecule has 0 amide bonds. The monoisotopic (exact) mass is 375 g/mol. The van der Waals surface area contributed by atoms with Crippen molar-refractivity contribution >= 4 is 33.1 Å². The Morgan fingerprint density at radius 3 is 2.10 bits per heavy atom. The van der Waals surface area contributed by atoms with E-state index in [4.69, 9.17) is 0 Å². The molecular weight excluding hydrogens is 352 g/mol. The van der Waals surface area contributed by atoms with E-state index in [0.717, 1.165) is 0 Å². The Balaban J connectivity index is 1.75. The summed E-state index contributed by atoms with van der Waals surface area (Å²) in [6.07, 6.45) is 8.80. The molecule has 5 rings (SSSR count). The number of para-hydroxylation sites is 1. The standard InChI is InChI=1S/C27H22N2/c1-29(2)22-15-12-20(13-16-22)27(19-8-4-3-5-9-19)21-14-17-26-24(18-21)23-10-6-7-11-25(23)28-26/h3-18H,1-2H3/p+1. The van der Waals surface area contributed by atoms with Gasteiger partial charge in [0.15, 0.2) is 5.71 Å². The van der Waals surface area contributed by atoms with E-state index >= 15 is 0 Å². The number of rotatable bonds is 2. The minimum atomic E-state index is 1.17. The van der Waals surface area contributed by atoms with Crippen LogP contribution < -0.4 is 0 Å². The number of hydrogen-bond donors (Lipinski definition) is 1. The highest BCUT2D eigenvalue weighted by Crippen LogP contribution is 2.33. The van der Waals surface area contributed by atoms with E-state index in [1.807, 2.05) is 0 Å². The Morgan fingerprint density at radius 1 is 0.655 bits per heavy atom. The minimum Gasteiger partial charge on any atom is -0.355 e. The lowest BCUT2D eigenvalue weighted by molar-refractivity contribution is -0.462. The molecular formula is C27H23N2+. The Kier molecular flexibility index (Phi) is 4.25. The van der Waals surface area contributed by atoms with Crippen LogP contribution in [0.2, 0.25) is 0 Å². The number of H-pyrrole nitrogens is 1. The second-order valence-electron chi connectivity index (χ2n) is 7.61. The molecule has 0 fully saturated rings. The largest absolute Gasteiger partial charge is 0.355 e. The van der Waals surface area contributed by atoms with Crippen LogP contribution in [0.25, 0.3) is 27.4 Å². The van der Waals surface area contributed by atoms with E-state index in [9.17, 15) is 0 Å². The van der Waals surface area contributed by atoms with Crippen molar-refractivity contribution in [1.29, 1.82) is 0 Å². The van der Waals surface area contributed by atoms with E-state index < -0.39 is 0 Å². The summed E-state index contributed by atoms with van der Waals surface area (Å²) in [5.41, 5.74) is 8.48. The Bertz CT molecular complexity index is 1320. The molecule has 1 aliphatic carbocycles. The maximum atomic E-state index is 3.53. The van der Waals surface area contributed by atoms with Gasteiger partial charge in [0.1, 0.15) is 14.1 Å². The summed E-state index contributed by atoms with van der Waals surface area (Å²) in [6.45, 7) is 0. The maximum absolute atomic E-state index is 3.53. The number of benzene rings is 3. The number of fused-ring (bicyclic) bond motifs is 3. The SMILES string of the molecule is C[N+](C)=C1C=CC(=C(c2ccccc2)c2ccc3[nH]c4ccccc4c3c2)C=C1. The zero-order valence-electron chi connectivity index (χ0n) is 16.7. The second kappa shape index (κ2) is 7.06. The number of hydrogen-bond acceptors (Lipinski definition) is 0. The summed E-state index contributed by atoms with van der Waals surface area (Å²) in [4.78, 5) is 3.53. The number of aromatic amines is 1. The predicted octanol–water partition coefficient (Wildman–Crippen LogP) is 5.96. The van der Waals surface area contributed by atoms with Gasteiger partial charge in [-0.3, -0.25) is 0 Å². The molecule has 0 spiro atoms. The van der Waals surface area contributed by atoms with Gasteiger partial charge >= 0.3 is 0 Å². The van der Waals surface area contributed by atoms with E-state index in [2.05, 4.69) is 121 Å². The van der Waals surface area contributed by atoms with Gasteiger partial charge in [-0.1, -0.05) is 54.6 Å². The Labute approximate surface area is 170 Å². The molecule has 0 bridgehead atoms. The molecule has 0 aliphatic heterocycles. The first-order valence-corrected chi connectivity index (χ1v) is 9.92. The van der Waals surface area contributed by atoms with Gasteiger partial charge in [0.25, 0.3) is 0 Å². The van der Waals surface area contributed by atoms with Crippen LogP contribution in [0.4, 0.5) is 0 Å². The van der Waals surface area contributed by atoms with Crippen molar-refractivity contribution < 1.29 is 4.58 Å². The lowest BCUT2D eigenvalue weighted by atomic mass is 9.90. The third kappa shape index (κ3) is 3.13. The highest BCUT2D eigenvalue weighted by Gasteiger charge is 2.14. The maximum Gasteiger partial charge on any atom is 0.199 e. The van der Waals surface area contributed by atoms with Crippen LogP contribution in [0.3, 0.4) is 0 Å². The summed E-state index contributed by atoms with van der Waals surface area (Å²) in [5, 5.41) is 2.52. The molecule has 1 aromatic heterocycles. The van der Waals surface area contributed by atoms with Crippen molar-refractivity contribution in [3.63, 3.8) is 0 Å². The quantitative estimate of drug-likeness (QED) is 0.417. The highest BCUT2D eigenvalue weighted by atomic mass is 14.9. The zero-order chi connectivity index (χ0) is 19.8. The Hall–Kier alpha value is -3.65. The molecule has 0 radical (unpaired) electrons. The van der Waals surface area contributed by atoms with Gasteiger partial charge in [0, 0.05) is 34.0 Å². The average molecular weight is 375 g/mol. The second-order valence-corrected chi connectivity index (χ2v) is 7.61. The molecule has 1 N–H and O–H groups in total. The van der Waals surface area contributed by atoms with Crippen LogP contribution in [-0.2, 0) is 0 Å². The number of nitrogens with one attached hydrogen (secondary N) is 1. The van der Waals surface area contributed by atoms with Crippen LogP contribution in [0, 0.1) is 0 Å². The first-order chi connectivity index (χ1) is 14.2. The van der Waals surface area contributed by atoms with Crippen molar-refractivity contribution in [2.75, 3.05) is 14.1 Å². The summed E-state index contributed by atoms with van der Waals surface area (Å²) in [6, 6.07) is 25.9. The van der Waals surface area contributed by atoms with Crippen molar-refractivity contribution in [3.05, 3.63) is 114 Å². The van der Waals surface area contributed by atoms with Crippen LogP contribution in [-0.4, -0.2) is 29.4 Å². The fourth-order valence-electron chi connectivity index (χ4n) is 4.03. The molecule has 0 atom stereocenters. The molecule has 1 aliphatic rings. The average Bonchev–Trinajstić information content (AvgIpc) is 3.13. The molecule has 0 saturated heterocycles. The molecule has 2 nitrogen and oxygen atoms in total. The number of allylic oxidation sites excluding steroid dienone is 5. The lowest BCUT2D eigenvalue weighted by Gasteiger charge is -2.14. The van der Waals surface area contributed by atoms with E-state index in [1.165, 1.54) is 49.8 Å². The summed E-state index contributed by atoms with van der Waals surface area (Å²) < 4.78 is 2.13. The van der Waals surface area contributed by atoms with Crippen LogP contribution in [0.1, 0.15) is 11.1 Å². The minimum absolute atomic E-state index is 1.17. The van der Waals surface area contributed by atoms with Crippen LogP contribution in [0.15, 0.2) is 103 Å². The van der Waals surface area contributed by atoms with E-state index in [-0.39, 0.29) is 0 Å². The molecule has 0 saturated carbocycles. The normalized spacial score (nSPS) is 13.4. The topological polar surface area (TPSA) is 18.8 Å². The van der Waals surface area contributed by atoms with Gasteiger partial charge in [-0.15, -0.1) is 0 Å². The van der Waals surface area contributed by atoms with Gasteiger partial charge in [-0.2, -0.15) is 0 Å². The molecule has 1 heterocycles. The smallest absolute Gasteiger partial charge is 0.199 e. The molecule has 140 valence electrons. The number of aromatic nitrogens is 1. The van der Waals surface area contributed by atoms with Crippen molar-refractivity contribution in [3.8, 4) is 0 Å². The molecule has 29 heavy (non-hydrogen) atoms. The lowest BCUT2D eigenvalue weighted by Crippen LogP contribution is -2.10. The van der Waals surface area contributed by atoms with Gasteiger partial charge < -0.3 is 4.98 Å². The molecule has 0 unspecified atom stereocenters.